The quantitative estimate of drug-likeness (QED) is 0.594. The molecular weight excluding hydrogens is 351 g/mol. The van der Waals surface area contributed by atoms with Gasteiger partial charge >= 0.3 is 11.9 Å². The number of ether oxygens (including phenoxy) is 2. The van der Waals surface area contributed by atoms with E-state index in [1.807, 2.05) is 0 Å². The Balaban J connectivity index is 2.68. The third-order valence-electron chi connectivity index (χ3n) is 2.31. The summed E-state index contributed by atoms with van der Waals surface area (Å²) >= 11 is 16.5. The number of carbonyl (C=O) groups is 2. The molecule has 7 heteroatoms. The van der Waals surface area contributed by atoms with E-state index < -0.39 is 21.3 Å². The molecule has 0 atom stereocenters. The first-order chi connectivity index (χ1) is 9.96. The van der Waals surface area contributed by atoms with Gasteiger partial charge in [-0.2, -0.15) is 0 Å². The lowest BCUT2D eigenvalue weighted by molar-refractivity contribution is -0.142. The fraction of sp³-hybridized carbons (Fsp3) is 0.467. The van der Waals surface area contributed by atoms with E-state index in [1.54, 1.807) is 45.0 Å². The van der Waals surface area contributed by atoms with E-state index in [0.717, 1.165) is 0 Å². The molecule has 0 unspecified atom stereocenters. The first-order valence-electron chi connectivity index (χ1n) is 6.51. The lowest BCUT2D eigenvalue weighted by atomic mass is 10.1. The average molecular weight is 368 g/mol. The molecule has 0 saturated heterocycles. The Morgan fingerprint density at radius 1 is 1.14 bits per heavy atom. The zero-order valence-corrected chi connectivity index (χ0v) is 14.8. The first-order valence-corrected chi connectivity index (χ1v) is 7.64. The van der Waals surface area contributed by atoms with Gasteiger partial charge in [0, 0.05) is 0 Å². The predicted molar refractivity (Wildman–Crippen MR) is 86.6 cm³/mol. The summed E-state index contributed by atoms with van der Waals surface area (Å²) in [6, 6.07) is 6.55. The van der Waals surface area contributed by atoms with Gasteiger partial charge in [0.25, 0.3) is 0 Å². The Labute approximate surface area is 144 Å². The van der Waals surface area contributed by atoms with Gasteiger partial charge in [-0.15, -0.1) is 0 Å². The highest BCUT2D eigenvalue weighted by molar-refractivity contribution is 6.67. The second kappa shape index (κ2) is 7.53. The standard InChI is InChI=1S/C15H17Cl3O4/c1-14(2,3)22-13(20)11-6-4-5-10(7-11)8-12(19)21-9-15(16,17)18/h4-7H,8-9H2,1-3H3. The molecule has 0 N–H and O–H groups in total. The van der Waals surface area contributed by atoms with E-state index in [-0.39, 0.29) is 13.0 Å². The van der Waals surface area contributed by atoms with Gasteiger partial charge in [0.15, 0.2) is 0 Å². The number of carbonyl (C=O) groups excluding carboxylic acids is 2. The lowest BCUT2D eigenvalue weighted by Gasteiger charge is -2.19. The van der Waals surface area contributed by atoms with Gasteiger partial charge in [-0.3, -0.25) is 4.79 Å². The zero-order chi connectivity index (χ0) is 17.0. The van der Waals surface area contributed by atoms with Crippen molar-refractivity contribution in [1.82, 2.24) is 0 Å². The molecule has 0 aliphatic carbocycles. The summed E-state index contributed by atoms with van der Waals surface area (Å²) in [6.45, 7) is 5.01. The lowest BCUT2D eigenvalue weighted by Crippen LogP contribution is -2.24. The van der Waals surface area contributed by atoms with Crippen molar-refractivity contribution >= 4 is 46.7 Å². The Kier molecular flexibility index (Phi) is 6.53. The smallest absolute Gasteiger partial charge is 0.338 e. The SMILES string of the molecule is CC(C)(C)OC(=O)c1cccc(CC(=O)OCC(Cl)(Cl)Cl)c1. The van der Waals surface area contributed by atoms with Crippen molar-refractivity contribution < 1.29 is 19.1 Å². The minimum atomic E-state index is -1.64. The van der Waals surface area contributed by atoms with Crippen LogP contribution in [0.5, 0.6) is 0 Å². The van der Waals surface area contributed by atoms with Crippen LogP contribution in [0.3, 0.4) is 0 Å². The summed E-state index contributed by atoms with van der Waals surface area (Å²) < 4.78 is 8.46. The summed E-state index contributed by atoms with van der Waals surface area (Å²) in [5.74, 6) is -1.00. The van der Waals surface area contributed by atoms with Crippen LogP contribution in [0.4, 0.5) is 0 Å². The molecule has 122 valence electrons. The molecule has 0 spiro atoms. The molecule has 0 heterocycles. The molecule has 0 aromatic heterocycles. The van der Waals surface area contributed by atoms with Crippen molar-refractivity contribution in [3.05, 3.63) is 35.4 Å². The van der Waals surface area contributed by atoms with Crippen LogP contribution in [0, 0.1) is 0 Å². The fourth-order valence-corrected chi connectivity index (χ4v) is 1.69. The van der Waals surface area contributed by atoms with E-state index in [4.69, 9.17) is 44.3 Å². The van der Waals surface area contributed by atoms with E-state index >= 15 is 0 Å². The molecule has 0 bridgehead atoms. The molecule has 22 heavy (non-hydrogen) atoms. The van der Waals surface area contributed by atoms with E-state index in [0.29, 0.717) is 11.1 Å². The van der Waals surface area contributed by atoms with E-state index in [1.165, 1.54) is 0 Å². The van der Waals surface area contributed by atoms with Gasteiger partial charge < -0.3 is 9.47 Å². The Hall–Kier alpha value is -0.970. The molecule has 0 radical (unpaired) electrons. The van der Waals surface area contributed by atoms with Crippen molar-refractivity contribution in [1.29, 1.82) is 0 Å². The van der Waals surface area contributed by atoms with Crippen molar-refractivity contribution in [2.75, 3.05) is 6.61 Å². The number of hydrogen-bond donors (Lipinski definition) is 0. The predicted octanol–water partition coefficient (Wildman–Crippen LogP) is 4.10. The second-order valence-corrected chi connectivity index (χ2v) is 8.17. The van der Waals surface area contributed by atoms with Crippen LogP contribution < -0.4 is 0 Å². The summed E-state index contributed by atoms with van der Waals surface area (Å²) in [7, 11) is 0. The Morgan fingerprint density at radius 3 is 2.32 bits per heavy atom. The minimum absolute atomic E-state index is 0.0304. The number of alkyl halides is 3. The van der Waals surface area contributed by atoms with Crippen LogP contribution in [-0.4, -0.2) is 27.9 Å². The van der Waals surface area contributed by atoms with Crippen LogP contribution in [-0.2, 0) is 20.7 Å². The highest BCUT2D eigenvalue weighted by Gasteiger charge is 2.22. The number of hydrogen-bond acceptors (Lipinski definition) is 4. The second-order valence-electron chi connectivity index (χ2n) is 5.65. The average Bonchev–Trinajstić information content (AvgIpc) is 2.34. The van der Waals surface area contributed by atoms with Crippen molar-refractivity contribution in [2.24, 2.45) is 0 Å². The summed E-state index contributed by atoms with van der Waals surface area (Å²) in [5, 5.41) is 0. The highest BCUT2D eigenvalue weighted by Crippen LogP contribution is 2.26. The van der Waals surface area contributed by atoms with E-state index in [2.05, 4.69) is 0 Å². The Bertz CT molecular complexity index is 544. The van der Waals surface area contributed by atoms with Crippen molar-refractivity contribution in [3.8, 4) is 0 Å². The molecule has 1 aromatic rings. The minimum Gasteiger partial charge on any atom is -0.461 e. The topological polar surface area (TPSA) is 52.6 Å². The first kappa shape index (κ1) is 19.1. The Morgan fingerprint density at radius 2 is 1.77 bits per heavy atom. The molecule has 4 nitrogen and oxygen atoms in total. The van der Waals surface area contributed by atoms with Crippen LogP contribution in [0.2, 0.25) is 0 Å². The van der Waals surface area contributed by atoms with E-state index in [9.17, 15) is 9.59 Å². The van der Waals surface area contributed by atoms with Gasteiger partial charge in [0.1, 0.15) is 12.2 Å². The molecular formula is C15H17Cl3O4. The zero-order valence-electron chi connectivity index (χ0n) is 12.5. The number of rotatable bonds is 4. The molecule has 0 amide bonds. The van der Waals surface area contributed by atoms with Crippen LogP contribution in [0.25, 0.3) is 0 Å². The maximum Gasteiger partial charge on any atom is 0.338 e. The molecule has 0 aliphatic rings. The van der Waals surface area contributed by atoms with Gasteiger partial charge in [-0.25, -0.2) is 4.79 Å². The molecule has 0 aliphatic heterocycles. The number of halogens is 3. The van der Waals surface area contributed by atoms with Gasteiger partial charge in [0.05, 0.1) is 12.0 Å². The maximum absolute atomic E-state index is 12.0. The molecule has 1 rings (SSSR count). The monoisotopic (exact) mass is 366 g/mol. The van der Waals surface area contributed by atoms with Crippen molar-refractivity contribution in [3.63, 3.8) is 0 Å². The van der Waals surface area contributed by atoms with Crippen molar-refractivity contribution in [2.45, 2.75) is 36.6 Å². The van der Waals surface area contributed by atoms with Gasteiger partial charge in [-0.1, -0.05) is 46.9 Å². The molecule has 0 saturated carbocycles. The van der Waals surface area contributed by atoms with Gasteiger partial charge in [0.2, 0.25) is 3.79 Å². The third-order valence-corrected chi connectivity index (χ3v) is 2.63. The van der Waals surface area contributed by atoms with Gasteiger partial charge in [-0.05, 0) is 38.5 Å². The number of benzene rings is 1. The fourth-order valence-electron chi connectivity index (χ4n) is 1.53. The molecule has 0 fully saturated rings. The summed E-state index contributed by atoms with van der Waals surface area (Å²) in [4.78, 5) is 23.6. The summed E-state index contributed by atoms with van der Waals surface area (Å²) in [5.41, 5.74) is 0.385. The molecule has 1 aromatic carbocycles. The highest BCUT2D eigenvalue weighted by atomic mass is 35.6. The number of esters is 2. The largest absolute Gasteiger partial charge is 0.461 e. The van der Waals surface area contributed by atoms with Crippen LogP contribution in [0.1, 0.15) is 36.7 Å². The van der Waals surface area contributed by atoms with Crippen LogP contribution in [0.15, 0.2) is 24.3 Å². The summed E-state index contributed by atoms with van der Waals surface area (Å²) in [6.07, 6.45) is -0.0304. The van der Waals surface area contributed by atoms with Crippen LogP contribution >= 0.6 is 34.8 Å². The normalized spacial score (nSPS) is 11.9. The third kappa shape index (κ3) is 7.87. The maximum atomic E-state index is 12.0.